The summed E-state index contributed by atoms with van der Waals surface area (Å²) in [6.45, 7) is 3.29. The lowest BCUT2D eigenvalue weighted by atomic mass is 9.94. The molecule has 2 amide bonds. The van der Waals surface area contributed by atoms with Crippen LogP contribution >= 0.6 is 0 Å². The molecule has 7 nitrogen and oxygen atoms in total. The van der Waals surface area contributed by atoms with E-state index in [1.165, 1.54) is 19.3 Å². The largest absolute Gasteiger partial charge is 0.342 e. The maximum atomic E-state index is 13.3. The number of nitrogens with zero attached hydrogens (tertiary/aromatic N) is 5. The van der Waals surface area contributed by atoms with Crippen LogP contribution in [0, 0.1) is 11.8 Å². The number of rotatable bonds is 3. The molecule has 4 heterocycles. The highest BCUT2D eigenvalue weighted by Gasteiger charge is 2.40. The topological polar surface area (TPSA) is 71.3 Å². The Morgan fingerprint density at radius 3 is 2.32 bits per heavy atom. The summed E-state index contributed by atoms with van der Waals surface area (Å²) in [5.74, 6) is 3.01. The predicted octanol–water partition coefficient (Wildman–Crippen LogP) is 2.32. The van der Waals surface area contributed by atoms with E-state index in [0.717, 1.165) is 82.8 Å². The van der Waals surface area contributed by atoms with Crippen LogP contribution in [0.25, 0.3) is 0 Å². The first-order chi connectivity index (χ1) is 13.7. The lowest BCUT2D eigenvalue weighted by Gasteiger charge is -2.35. The maximum Gasteiger partial charge on any atom is 0.226 e. The second-order valence-corrected chi connectivity index (χ2v) is 9.00. The van der Waals surface area contributed by atoms with Gasteiger partial charge in [0.05, 0.1) is 6.04 Å². The van der Waals surface area contributed by atoms with Crippen molar-refractivity contribution in [3.63, 3.8) is 0 Å². The molecule has 1 aromatic heterocycles. The Labute approximate surface area is 166 Å². The molecule has 1 unspecified atom stereocenters. The fourth-order valence-electron chi connectivity index (χ4n) is 5.22. The number of hydrogen-bond donors (Lipinski definition) is 0. The number of fused-ring (bicyclic) bond motifs is 1. The highest BCUT2D eigenvalue weighted by Crippen LogP contribution is 2.36. The minimum absolute atomic E-state index is 0.0513. The molecular formula is C21H31N5O2. The van der Waals surface area contributed by atoms with Gasteiger partial charge in [-0.3, -0.25) is 9.59 Å². The van der Waals surface area contributed by atoms with Crippen LogP contribution < -0.4 is 0 Å². The molecule has 1 atom stereocenters. The van der Waals surface area contributed by atoms with Gasteiger partial charge in [-0.2, -0.15) is 0 Å². The molecule has 0 N–H and O–H groups in total. The first kappa shape index (κ1) is 18.1. The van der Waals surface area contributed by atoms with Crippen LogP contribution in [-0.2, 0) is 22.6 Å². The van der Waals surface area contributed by atoms with Crippen molar-refractivity contribution in [2.45, 2.75) is 76.8 Å². The summed E-state index contributed by atoms with van der Waals surface area (Å²) in [6.07, 6.45) is 10.3. The van der Waals surface area contributed by atoms with Crippen molar-refractivity contribution in [2.24, 2.45) is 11.8 Å². The molecule has 0 aromatic carbocycles. The highest BCUT2D eigenvalue weighted by molar-refractivity contribution is 5.82. The van der Waals surface area contributed by atoms with Crippen molar-refractivity contribution in [3.05, 3.63) is 11.6 Å². The van der Waals surface area contributed by atoms with Crippen LogP contribution in [0.2, 0.25) is 0 Å². The summed E-state index contributed by atoms with van der Waals surface area (Å²) in [5, 5.41) is 8.98. The Morgan fingerprint density at radius 1 is 0.750 bits per heavy atom. The van der Waals surface area contributed by atoms with Gasteiger partial charge in [0.25, 0.3) is 0 Å². The molecule has 3 fully saturated rings. The van der Waals surface area contributed by atoms with Gasteiger partial charge in [0, 0.05) is 44.4 Å². The van der Waals surface area contributed by atoms with Gasteiger partial charge >= 0.3 is 0 Å². The van der Waals surface area contributed by atoms with E-state index < -0.39 is 0 Å². The first-order valence-corrected chi connectivity index (χ1v) is 11.2. The Kier molecular flexibility index (Phi) is 4.85. The lowest BCUT2D eigenvalue weighted by Crippen LogP contribution is -2.45. The van der Waals surface area contributed by atoms with Crippen molar-refractivity contribution in [1.29, 1.82) is 0 Å². The molecule has 4 aliphatic rings. The van der Waals surface area contributed by atoms with Crippen LogP contribution in [0.15, 0.2) is 0 Å². The van der Waals surface area contributed by atoms with Crippen molar-refractivity contribution in [3.8, 4) is 0 Å². The average molecular weight is 386 g/mol. The number of amides is 2. The molecule has 0 radical (unpaired) electrons. The summed E-state index contributed by atoms with van der Waals surface area (Å²) in [6, 6.07) is 0.0815. The van der Waals surface area contributed by atoms with E-state index in [2.05, 4.69) is 19.7 Å². The van der Waals surface area contributed by atoms with Crippen LogP contribution in [0.3, 0.4) is 0 Å². The van der Waals surface area contributed by atoms with E-state index in [1.54, 1.807) is 0 Å². The minimum Gasteiger partial charge on any atom is -0.342 e. The van der Waals surface area contributed by atoms with Gasteiger partial charge in [0.15, 0.2) is 5.82 Å². The van der Waals surface area contributed by atoms with Crippen LogP contribution in [0.1, 0.15) is 75.5 Å². The molecular weight excluding hydrogens is 354 g/mol. The summed E-state index contributed by atoms with van der Waals surface area (Å²) in [4.78, 5) is 29.7. The fraction of sp³-hybridized carbons (Fsp3) is 0.810. The van der Waals surface area contributed by atoms with Crippen LogP contribution in [0.5, 0.6) is 0 Å². The van der Waals surface area contributed by atoms with Crippen LogP contribution in [-0.4, -0.2) is 56.0 Å². The smallest absolute Gasteiger partial charge is 0.226 e. The zero-order chi connectivity index (χ0) is 19.1. The minimum atomic E-state index is 0.0513. The molecule has 28 heavy (non-hydrogen) atoms. The summed E-state index contributed by atoms with van der Waals surface area (Å²) in [5.41, 5.74) is 0. The Morgan fingerprint density at radius 2 is 1.54 bits per heavy atom. The van der Waals surface area contributed by atoms with Crippen LogP contribution in [0.4, 0.5) is 0 Å². The van der Waals surface area contributed by atoms with Gasteiger partial charge in [0.1, 0.15) is 5.82 Å². The second-order valence-electron chi connectivity index (χ2n) is 9.00. The highest BCUT2D eigenvalue weighted by atomic mass is 16.2. The Hall–Kier alpha value is -1.92. The second kappa shape index (κ2) is 7.48. The molecule has 3 aliphatic heterocycles. The maximum absolute atomic E-state index is 13.3. The first-order valence-electron chi connectivity index (χ1n) is 11.2. The predicted molar refractivity (Wildman–Crippen MR) is 103 cm³/mol. The number of piperidine rings is 1. The third kappa shape index (κ3) is 3.33. The molecule has 0 spiro atoms. The SMILES string of the molecule is O=C(C1CC1)N1CCC(C(=O)N2CCCC2c2nnc3n2CCCCC3)CC1. The van der Waals surface area contributed by atoms with E-state index in [4.69, 9.17) is 0 Å². The van der Waals surface area contributed by atoms with Gasteiger partial charge in [-0.25, -0.2) is 0 Å². The zero-order valence-corrected chi connectivity index (χ0v) is 16.7. The standard InChI is InChI=1S/C21H31N5O2/c27-20(15-7-8-15)24-13-9-16(10-14-24)21(28)25-12-4-5-17(25)19-23-22-18-6-2-1-3-11-26(18)19/h15-17H,1-14H2. The van der Waals surface area contributed by atoms with Gasteiger partial charge in [-0.1, -0.05) is 6.42 Å². The Balaban J connectivity index is 1.26. The van der Waals surface area contributed by atoms with E-state index in [-0.39, 0.29) is 23.8 Å². The van der Waals surface area contributed by atoms with Gasteiger partial charge < -0.3 is 14.4 Å². The lowest BCUT2D eigenvalue weighted by molar-refractivity contribution is -0.142. The third-order valence-corrected chi connectivity index (χ3v) is 7.05. The molecule has 1 aliphatic carbocycles. The van der Waals surface area contributed by atoms with E-state index >= 15 is 0 Å². The Bertz CT molecular complexity index is 748. The number of aromatic nitrogens is 3. The van der Waals surface area contributed by atoms with E-state index in [1.807, 2.05) is 4.90 Å². The zero-order valence-electron chi connectivity index (χ0n) is 16.7. The summed E-state index contributed by atoms with van der Waals surface area (Å²) >= 11 is 0. The molecule has 2 saturated heterocycles. The van der Waals surface area contributed by atoms with E-state index in [9.17, 15) is 9.59 Å². The number of aryl methyl sites for hydroxylation is 1. The summed E-state index contributed by atoms with van der Waals surface area (Å²) in [7, 11) is 0. The number of likely N-dealkylation sites (tertiary alicyclic amines) is 2. The van der Waals surface area contributed by atoms with Crippen molar-refractivity contribution < 1.29 is 9.59 Å². The average Bonchev–Trinajstić information content (AvgIpc) is 3.41. The molecule has 7 heteroatoms. The molecule has 0 bridgehead atoms. The molecule has 152 valence electrons. The molecule has 1 saturated carbocycles. The molecule has 1 aromatic rings. The van der Waals surface area contributed by atoms with Gasteiger partial charge in [-0.15, -0.1) is 10.2 Å². The monoisotopic (exact) mass is 385 g/mol. The fourth-order valence-corrected chi connectivity index (χ4v) is 5.22. The third-order valence-electron chi connectivity index (χ3n) is 7.05. The van der Waals surface area contributed by atoms with Crippen molar-refractivity contribution in [2.75, 3.05) is 19.6 Å². The number of hydrogen-bond acceptors (Lipinski definition) is 4. The quantitative estimate of drug-likeness (QED) is 0.801. The molecule has 5 rings (SSSR count). The number of carbonyl (C=O) groups excluding carboxylic acids is 2. The van der Waals surface area contributed by atoms with E-state index in [0.29, 0.717) is 5.91 Å². The van der Waals surface area contributed by atoms with Crippen molar-refractivity contribution >= 4 is 11.8 Å². The summed E-state index contributed by atoms with van der Waals surface area (Å²) < 4.78 is 2.29. The normalized spacial score (nSPS) is 26.2. The van der Waals surface area contributed by atoms with Gasteiger partial charge in [0.2, 0.25) is 11.8 Å². The van der Waals surface area contributed by atoms with Gasteiger partial charge in [-0.05, 0) is 51.4 Å². The van der Waals surface area contributed by atoms with Crippen molar-refractivity contribution in [1.82, 2.24) is 24.6 Å². The number of carbonyl (C=O) groups is 2.